The lowest BCUT2D eigenvalue weighted by molar-refractivity contribution is -0.113. The zero-order valence-corrected chi connectivity index (χ0v) is 11.0. The van der Waals surface area contributed by atoms with Crippen molar-refractivity contribution in [2.45, 2.75) is 12.3 Å². The maximum Gasteiger partial charge on any atom is 0.290 e. The second kappa shape index (κ2) is 4.97. The number of furan rings is 1. The van der Waals surface area contributed by atoms with E-state index in [-0.39, 0.29) is 18.8 Å². The lowest BCUT2D eigenvalue weighted by Gasteiger charge is -2.37. The summed E-state index contributed by atoms with van der Waals surface area (Å²) in [6.45, 7) is -0.860. The fourth-order valence-corrected chi connectivity index (χ4v) is 2.32. The molecule has 2 rings (SSSR count). The number of carbonyl (C=O) groups is 1. The van der Waals surface area contributed by atoms with Crippen LogP contribution in [0.15, 0.2) is 21.2 Å². The summed E-state index contributed by atoms with van der Waals surface area (Å²) >= 11 is 3.15. The van der Waals surface area contributed by atoms with E-state index < -0.39 is 30.8 Å². The number of piperidine rings is 1. The summed E-state index contributed by atoms with van der Waals surface area (Å²) in [6, 6.07) is 1.56. The van der Waals surface area contributed by atoms with E-state index in [0.29, 0.717) is 4.47 Å². The average Bonchev–Trinajstić information content (AvgIpc) is 2.74. The van der Waals surface area contributed by atoms with Gasteiger partial charge >= 0.3 is 0 Å². The van der Waals surface area contributed by atoms with Crippen molar-refractivity contribution in [2.75, 3.05) is 19.7 Å². The summed E-state index contributed by atoms with van der Waals surface area (Å²) < 4.78 is 32.3. The van der Waals surface area contributed by atoms with Crippen LogP contribution in [0.2, 0.25) is 0 Å². The minimum absolute atomic E-state index is 0.0462. The van der Waals surface area contributed by atoms with Crippen molar-refractivity contribution in [3.63, 3.8) is 0 Å². The molecule has 100 valence electrons. The van der Waals surface area contributed by atoms with Gasteiger partial charge in [0.15, 0.2) is 0 Å². The number of halogens is 3. The molecule has 0 radical (unpaired) electrons. The van der Waals surface area contributed by atoms with E-state index in [1.807, 2.05) is 0 Å². The molecule has 1 aliphatic heterocycles. The van der Waals surface area contributed by atoms with Crippen LogP contribution in [0.3, 0.4) is 0 Å². The number of likely N-dealkylation sites (tertiary alicyclic amines) is 1. The third kappa shape index (κ3) is 2.42. The van der Waals surface area contributed by atoms with E-state index in [0.717, 1.165) is 0 Å². The number of aliphatic hydroxyl groups excluding tert-OH is 1. The molecule has 4 nitrogen and oxygen atoms in total. The van der Waals surface area contributed by atoms with Gasteiger partial charge < -0.3 is 14.4 Å². The van der Waals surface area contributed by atoms with Crippen molar-refractivity contribution in [1.82, 2.24) is 4.90 Å². The monoisotopic (exact) mass is 323 g/mol. The molecule has 1 unspecified atom stereocenters. The summed E-state index contributed by atoms with van der Waals surface area (Å²) in [4.78, 5) is 13.3. The molecular formula is C11H12BrF2NO3. The van der Waals surface area contributed by atoms with Crippen LogP contribution in [-0.4, -0.2) is 41.5 Å². The summed E-state index contributed by atoms with van der Waals surface area (Å²) in [5.74, 6) is -4.49. The fraction of sp³-hybridized carbons (Fsp3) is 0.545. The van der Waals surface area contributed by atoms with Crippen LogP contribution in [0, 0.1) is 5.92 Å². The van der Waals surface area contributed by atoms with Crippen molar-refractivity contribution in [3.8, 4) is 0 Å². The second-order valence-electron chi connectivity index (χ2n) is 4.24. The fourth-order valence-electron chi connectivity index (χ4n) is 1.94. The predicted octanol–water partition coefficient (Wildman–Crippen LogP) is 2.13. The average molecular weight is 324 g/mol. The van der Waals surface area contributed by atoms with Gasteiger partial charge in [-0.15, -0.1) is 0 Å². The van der Waals surface area contributed by atoms with E-state index in [2.05, 4.69) is 15.9 Å². The molecule has 1 N–H and O–H groups in total. The first kappa shape index (κ1) is 13.5. The Morgan fingerprint density at radius 3 is 2.94 bits per heavy atom. The second-order valence-corrected chi connectivity index (χ2v) is 5.09. The quantitative estimate of drug-likeness (QED) is 0.907. The van der Waals surface area contributed by atoms with E-state index in [9.17, 15) is 13.6 Å². The Morgan fingerprint density at radius 2 is 2.39 bits per heavy atom. The molecule has 0 aliphatic carbocycles. The molecule has 0 saturated carbocycles. The normalized spacial score (nSPS) is 23.1. The van der Waals surface area contributed by atoms with Gasteiger partial charge in [-0.3, -0.25) is 4.79 Å². The SMILES string of the molecule is O=C(c1occc1Br)N1CCC(F)(F)C(CO)C1. The molecule has 0 spiro atoms. The maximum atomic E-state index is 13.4. The molecule has 1 saturated heterocycles. The summed E-state index contributed by atoms with van der Waals surface area (Å²) in [7, 11) is 0. The van der Waals surface area contributed by atoms with Crippen LogP contribution in [0.1, 0.15) is 17.0 Å². The Morgan fingerprint density at radius 1 is 1.67 bits per heavy atom. The van der Waals surface area contributed by atoms with Crippen LogP contribution < -0.4 is 0 Å². The zero-order valence-electron chi connectivity index (χ0n) is 9.41. The van der Waals surface area contributed by atoms with Crippen molar-refractivity contribution in [1.29, 1.82) is 0 Å². The van der Waals surface area contributed by atoms with Crippen LogP contribution in [-0.2, 0) is 0 Å². The summed E-state index contributed by atoms with van der Waals surface area (Å²) in [5.41, 5.74) is 0. The van der Waals surface area contributed by atoms with E-state index >= 15 is 0 Å². The van der Waals surface area contributed by atoms with Crippen LogP contribution in [0.25, 0.3) is 0 Å². The minimum Gasteiger partial charge on any atom is -0.458 e. The molecule has 1 amide bonds. The first-order valence-electron chi connectivity index (χ1n) is 5.46. The van der Waals surface area contributed by atoms with Gasteiger partial charge in [-0.1, -0.05) is 0 Å². The van der Waals surface area contributed by atoms with Gasteiger partial charge in [-0.2, -0.15) is 0 Å². The number of rotatable bonds is 2. The van der Waals surface area contributed by atoms with Crippen molar-refractivity contribution in [3.05, 3.63) is 22.6 Å². The number of nitrogens with zero attached hydrogens (tertiary/aromatic N) is 1. The molecule has 1 aromatic heterocycles. The van der Waals surface area contributed by atoms with Crippen LogP contribution in [0.4, 0.5) is 8.78 Å². The molecule has 1 aromatic rings. The number of alkyl halides is 2. The van der Waals surface area contributed by atoms with Gasteiger partial charge in [-0.25, -0.2) is 8.78 Å². The van der Waals surface area contributed by atoms with E-state index in [4.69, 9.17) is 9.52 Å². The highest BCUT2D eigenvalue weighted by Gasteiger charge is 2.45. The molecular weight excluding hydrogens is 312 g/mol. The summed E-state index contributed by atoms with van der Waals surface area (Å²) in [5, 5.41) is 8.96. The molecule has 2 heterocycles. The molecule has 0 aromatic carbocycles. The highest BCUT2D eigenvalue weighted by atomic mass is 79.9. The molecule has 18 heavy (non-hydrogen) atoms. The number of carbonyl (C=O) groups excluding carboxylic acids is 1. The topological polar surface area (TPSA) is 53.7 Å². The molecule has 0 bridgehead atoms. The first-order chi connectivity index (χ1) is 8.45. The summed E-state index contributed by atoms with van der Waals surface area (Å²) in [6.07, 6.45) is 0.904. The maximum absolute atomic E-state index is 13.4. The third-order valence-electron chi connectivity index (χ3n) is 3.07. The predicted molar refractivity (Wildman–Crippen MR) is 62.5 cm³/mol. The zero-order chi connectivity index (χ0) is 13.3. The highest BCUT2D eigenvalue weighted by Crippen LogP contribution is 2.34. The largest absolute Gasteiger partial charge is 0.458 e. The molecule has 1 fully saturated rings. The Balaban J connectivity index is 2.12. The smallest absolute Gasteiger partial charge is 0.290 e. The lowest BCUT2D eigenvalue weighted by atomic mass is 9.94. The minimum atomic E-state index is -2.92. The van der Waals surface area contributed by atoms with Gasteiger partial charge in [-0.05, 0) is 22.0 Å². The Bertz CT molecular complexity index is 449. The number of hydrogen-bond acceptors (Lipinski definition) is 3. The van der Waals surface area contributed by atoms with Crippen molar-refractivity contribution < 1.29 is 23.1 Å². The molecule has 1 atom stereocenters. The van der Waals surface area contributed by atoms with Gasteiger partial charge in [0.2, 0.25) is 5.76 Å². The number of hydrogen-bond donors (Lipinski definition) is 1. The highest BCUT2D eigenvalue weighted by molar-refractivity contribution is 9.10. The van der Waals surface area contributed by atoms with Crippen molar-refractivity contribution >= 4 is 21.8 Å². The Labute approximate surface area is 111 Å². The Kier molecular flexibility index (Phi) is 3.72. The van der Waals surface area contributed by atoms with Gasteiger partial charge in [0.05, 0.1) is 23.3 Å². The molecule has 1 aliphatic rings. The first-order valence-corrected chi connectivity index (χ1v) is 6.26. The van der Waals surface area contributed by atoms with E-state index in [1.54, 1.807) is 6.07 Å². The van der Waals surface area contributed by atoms with E-state index in [1.165, 1.54) is 11.2 Å². The van der Waals surface area contributed by atoms with Gasteiger partial charge in [0, 0.05) is 19.5 Å². The van der Waals surface area contributed by atoms with Crippen LogP contribution >= 0.6 is 15.9 Å². The lowest BCUT2D eigenvalue weighted by Crippen LogP contribution is -2.50. The molecule has 7 heteroatoms. The van der Waals surface area contributed by atoms with Gasteiger partial charge in [0.25, 0.3) is 11.8 Å². The number of amides is 1. The Hall–Kier alpha value is -0.950. The van der Waals surface area contributed by atoms with Crippen LogP contribution in [0.5, 0.6) is 0 Å². The van der Waals surface area contributed by atoms with Crippen molar-refractivity contribution in [2.24, 2.45) is 5.92 Å². The van der Waals surface area contributed by atoms with Gasteiger partial charge in [0.1, 0.15) is 0 Å². The number of aliphatic hydroxyl groups is 1. The third-order valence-corrected chi connectivity index (χ3v) is 3.70. The standard InChI is InChI=1S/C11H12BrF2NO3/c12-8-1-4-18-9(8)10(17)15-3-2-11(13,14)7(5-15)6-16/h1,4,7,16H,2-3,5-6H2.